The van der Waals surface area contributed by atoms with Crippen molar-refractivity contribution in [3.05, 3.63) is 34.9 Å². The van der Waals surface area contributed by atoms with Crippen LogP contribution in [-0.2, 0) is 0 Å². The quantitative estimate of drug-likeness (QED) is 0.636. The molecule has 0 saturated heterocycles. The van der Waals surface area contributed by atoms with Crippen molar-refractivity contribution < 1.29 is 4.79 Å². The minimum Gasteiger partial charge on any atom is -0.282 e. The summed E-state index contributed by atoms with van der Waals surface area (Å²) in [4.78, 5) is 12.1. The maximum Gasteiger partial charge on any atom is 0.220 e. The minimum absolute atomic E-state index is 0.0236. The first kappa shape index (κ1) is 13.4. The van der Waals surface area contributed by atoms with Crippen LogP contribution in [0, 0.1) is 6.92 Å². The molecule has 0 unspecified atom stereocenters. The third-order valence-corrected chi connectivity index (χ3v) is 7.58. The van der Waals surface area contributed by atoms with Crippen LogP contribution in [0.2, 0.25) is 0 Å². The maximum absolute atomic E-state index is 12.1. The molecule has 6 heteroatoms. The molecule has 18 heavy (non-hydrogen) atoms. The standard InChI is InChI=1S/C12H8Cl4OS/c1-5-2-3-6-7(4-5)10(17)18-9-8(6)11(13,14)12(9,15)16/h2-4,8-9H,1H3/t8-,9+/m0/s1. The molecule has 0 aromatic heterocycles. The van der Waals surface area contributed by atoms with Crippen LogP contribution in [0.4, 0.5) is 0 Å². The molecule has 1 nitrogen and oxygen atoms in total. The normalized spacial score (nSPS) is 31.3. The van der Waals surface area contributed by atoms with Crippen molar-refractivity contribution >= 4 is 63.3 Å². The number of halogens is 4. The third-order valence-electron chi connectivity index (χ3n) is 3.49. The lowest BCUT2D eigenvalue weighted by Gasteiger charge is -2.58. The number of rotatable bonds is 0. The highest BCUT2D eigenvalue weighted by Gasteiger charge is 2.73. The van der Waals surface area contributed by atoms with Gasteiger partial charge in [-0.15, -0.1) is 0 Å². The number of fused-ring (bicyclic) bond motifs is 3. The number of hydrogen-bond donors (Lipinski definition) is 0. The molecule has 1 aliphatic carbocycles. The van der Waals surface area contributed by atoms with E-state index in [0.29, 0.717) is 5.56 Å². The second-order valence-corrected chi connectivity index (χ2v) is 8.53. The fraction of sp³-hybridized carbons (Fsp3) is 0.417. The van der Waals surface area contributed by atoms with Crippen LogP contribution >= 0.6 is 58.2 Å². The summed E-state index contributed by atoms with van der Waals surface area (Å²) in [6.07, 6.45) is 0. The van der Waals surface area contributed by atoms with E-state index in [4.69, 9.17) is 46.4 Å². The van der Waals surface area contributed by atoms with Crippen molar-refractivity contribution in [2.45, 2.75) is 26.8 Å². The van der Waals surface area contributed by atoms with E-state index in [1.54, 1.807) is 0 Å². The predicted octanol–water partition coefficient (Wildman–Crippen LogP) is 4.70. The molecule has 0 amide bonds. The molecular weight excluding hydrogens is 334 g/mol. The molecule has 96 valence electrons. The molecule has 1 fully saturated rings. The zero-order chi connectivity index (χ0) is 13.3. The lowest BCUT2D eigenvalue weighted by Crippen LogP contribution is -2.66. The van der Waals surface area contributed by atoms with Gasteiger partial charge >= 0.3 is 0 Å². The van der Waals surface area contributed by atoms with Crippen LogP contribution < -0.4 is 0 Å². The van der Waals surface area contributed by atoms with Crippen molar-refractivity contribution in [1.29, 1.82) is 0 Å². The van der Waals surface area contributed by atoms with Gasteiger partial charge in [0.15, 0.2) is 8.67 Å². The topological polar surface area (TPSA) is 17.1 Å². The molecule has 1 aliphatic heterocycles. The van der Waals surface area contributed by atoms with Gasteiger partial charge in [-0.3, -0.25) is 4.79 Å². The summed E-state index contributed by atoms with van der Waals surface area (Å²) in [5.74, 6) is -0.214. The molecule has 2 aliphatic rings. The highest BCUT2D eigenvalue weighted by Crippen LogP contribution is 2.70. The van der Waals surface area contributed by atoms with Crippen molar-refractivity contribution in [3.8, 4) is 0 Å². The van der Waals surface area contributed by atoms with Crippen LogP contribution in [-0.4, -0.2) is 19.0 Å². The maximum atomic E-state index is 12.1. The van der Waals surface area contributed by atoms with Crippen LogP contribution in [0.3, 0.4) is 0 Å². The smallest absolute Gasteiger partial charge is 0.220 e. The van der Waals surface area contributed by atoms with Gasteiger partial charge in [0.1, 0.15) is 0 Å². The van der Waals surface area contributed by atoms with E-state index < -0.39 is 8.67 Å². The summed E-state index contributed by atoms with van der Waals surface area (Å²) >= 11 is 26.0. The molecular formula is C12H8Cl4OS. The fourth-order valence-corrected chi connectivity index (χ4v) is 5.61. The monoisotopic (exact) mass is 340 g/mol. The Hall–Kier alpha value is 0.400. The average Bonchev–Trinajstić information content (AvgIpc) is 2.29. The first-order valence-corrected chi connectivity index (χ1v) is 7.73. The van der Waals surface area contributed by atoms with Crippen LogP contribution in [0.1, 0.15) is 27.4 Å². The largest absolute Gasteiger partial charge is 0.282 e. The Bertz CT molecular complexity index is 555. The lowest BCUT2D eigenvalue weighted by molar-refractivity contribution is 0.108. The molecule has 2 atom stereocenters. The van der Waals surface area contributed by atoms with E-state index in [1.807, 2.05) is 25.1 Å². The number of alkyl halides is 4. The van der Waals surface area contributed by atoms with Crippen molar-refractivity contribution in [2.24, 2.45) is 0 Å². The number of carbonyl (C=O) groups is 1. The molecule has 3 rings (SSSR count). The van der Waals surface area contributed by atoms with Gasteiger partial charge in [-0.25, -0.2) is 0 Å². The second-order valence-electron chi connectivity index (χ2n) is 4.64. The first-order valence-electron chi connectivity index (χ1n) is 5.34. The lowest BCUT2D eigenvalue weighted by atomic mass is 9.75. The van der Waals surface area contributed by atoms with Crippen molar-refractivity contribution in [1.82, 2.24) is 0 Å². The average molecular weight is 342 g/mol. The summed E-state index contributed by atoms with van der Waals surface area (Å²) in [6.45, 7) is 1.94. The molecule has 0 bridgehead atoms. The Morgan fingerprint density at radius 3 is 2.50 bits per heavy atom. The molecule has 0 spiro atoms. The Morgan fingerprint density at radius 2 is 1.83 bits per heavy atom. The summed E-state index contributed by atoms with van der Waals surface area (Å²) in [7, 11) is 0. The zero-order valence-corrected chi connectivity index (χ0v) is 13.1. The summed E-state index contributed by atoms with van der Waals surface area (Å²) in [5, 5.41) is -0.317. The molecule has 0 radical (unpaired) electrons. The molecule has 1 heterocycles. The van der Waals surface area contributed by atoms with Crippen molar-refractivity contribution in [3.63, 3.8) is 0 Å². The highest BCUT2D eigenvalue weighted by molar-refractivity contribution is 8.15. The van der Waals surface area contributed by atoms with Crippen molar-refractivity contribution in [2.75, 3.05) is 0 Å². The van der Waals surface area contributed by atoms with Gasteiger partial charge in [0.05, 0.1) is 5.25 Å². The zero-order valence-electron chi connectivity index (χ0n) is 9.22. The Balaban J connectivity index is 2.16. The fourth-order valence-electron chi connectivity index (χ4n) is 2.50. The van der Waals surface area contributed by atoms with Gasteiger partial charge in [-0.05, 0) is 18.6 Å². The second kappa shape index (κ2) is 3.95. The van der Waals surface area contributed by atoms with E-state index in [1.165, 1.54) is 0 Å². The third kappa shape index (κ3) is 1.53. The van der Waals surface area contributed by atoms with Gasteiger partial charge in [-0.2, -0.15) is 0 Å². The Morgan fingerprint density at radius 1 is 1.17 bits per heavy atom. The number of hydrogen-bond acceptors (Lipinski definition) is 2. The van der Waals surface area contributed by atoms with Gasteiger partial charge < -0.3 is 0 Å². The van der Waals surface area contributed by atoms with Gasteiger partial charge in [0.2, 0.25) is 5.12 Å². The van der Waals surface area contributed by atoms with Gasteiger partial charge in [0, 0.05) is 11.5 Å². The Kier molecular flexibility index (Phi) is 2.94. The molecule has 1 aromatic rings. The number of benzene rings is 1. The molecule has 1 saturated carbocycles. The summed E-state index contributed by atoms with van der Waals surface area (Å²) in [5.41, 5.74) is 2.53. The molecule has 0 N–H and O–H groups in total. The van der Waals surface area contributed by atoms with E-state index in [-0.39, 0.29) is 16.3 Å². The molecule has 1 aromatic carbocycles. The SMILES string of the molecule is Cc1ccc2c(c1)C(=O)S[C@@H]1[C@H]2C(Cl)(Cl)C1(Cl)Cl. The van der Waals surface area contributed by atoms with E-state index in [0.717, 1.165) is 22.9 Å². The first-order chi connectivity index (χ1) is 8.26. The van der Waals surface area contributed by atoms with Crippen LogP contribution in [0.5, 0.6) is 0 Å². The minimum atomic E-state index is -1.30. The number of carbonyl (C=O) groups excluding carboxylic acids is 1. The summed E-state index contributed by atoms with van der Waals surface area (Å²) < 4.78 is -2.57. The van der Waals surface area contributed by atoms with E-state index in [2.05, 4.69) is 0 Å². The summed E-state index contributed by atoms with van der Waals surface area (Å²) in [6, 6.07) is 5.68. The number of thioether (sulfide) groups is 1. The highest BCUT2D eigenvalue weighted by atomic mass is 35.5. The van der Waals surface area contributed by atoms with Gasteiger partial charge in [0.25, 0.3) is 0 Å². The predicted molar refractivity (Wildman–Crippen MR) is 78.5 cm³/mol. The van der Waals surface area contributed by atoms with E-state index >= 15 is 0 Å². The Labute approximate surface area is 129 Å². The number of aryl methyl sites for hydroxylation is 1. The van der Waals surface area contributed by atoms with Crippen LogP contribution in [0.15, 0.2) is 18.2 Å². The van der Waals surface area contributed by atoms with Crippen LogP contribution in [0.25, 0.3) is 0 Å². The van der Waals surface area contributed by atoms with E-state index in [9.17, 15) is 4.79 Å². The van der Waals surface area contributed by atoms with Gasteiger partial charge in [-0.1, -0.05) is 75.9 Å².